The topological polar surface area (TPSA) is 61.4 Å². The highest BCUT2D eigenvalue weighted by Crippen LogP contribution is 2.15. The lowest BCUT2D eigenvalue weighted by atomic mass is 10.1. The van der Waals surface area contributed by atoms with Gasteiger partial charge in [0.25, 0.3) is 0 Å². The van der Waals surface area contributed by atoms with Gasteiger partial charge in [-0.1, -0.05) is 18.2 Å². The van der Waals surface area contributed by atoms with E-state index in [0.29, 0.717) is 13.1 Å². The van der Waals surface area contributed by atoms with Crippen LogP contribution in [0.1, 0.15) is 16.7 Å². The maximum atomic E-state index is 13.1. The summed E-state index contributed by atoms with van der Waals surface area (Å²) in [5.41, 5.74) is 4.12. The molecule has 0 spiro atoms. The van der Waals surface area contributed by atoms with Crippen LogP contribution in [0.2, 0.25) is 0 Å². The smallest absolute Gasteiger partial charge is 0.316 e. The van der Waals surface area contributed by atoms with Gasteiger partial charge in [-0.3, -0.25) is 9.97 Å². The number of aromatic nitrogens is 2. The number of carbonyl (C=O) groups is 1. The van der Waals surface area contributed by atoms with Crippen LogP contribution in [0, 0.1) is 0 Å². The molecule has 3 heterocycles. The van der Waals surface area contributed by atoms with E-state index >= 15 is 0 Å². The molecule has 1 aliphatic rings. The minimum Gasteiger partial charge on any atom is -0.316 e. The van der Waals surface area contributed by atoms with Crippen molar-refractivity contribution in [3.8, 4) is 0 Å². The Kier molecular flexibility index (Phi) is 8.11. The Labute approximate surface area is 194 Å². The maximum absolute atomic E-state index is 13.1. The van der Waals surface area contributed by atoms with E-state index in [0.717, 1.165) is 29.8 Å². The molecule has 2 amide bonds. The average molecular weight is 448 g/mol. The summed E-state index contributed by atoms with van der Waals surface area (Å²) < 4.78 is 0. The molecule has 7 heteroatoms. The molecule has 166 valence electrons. The molecular formula is C25H29N5OS. The predicted octanol–water partition coefficient (Wildman–Crippen LogP) is 4.30. The van der Waals surface area contributed by atoms with Gasteiger partial charge >= 0.3 is 6.03 Å². The van der Waals surface area contributed by atoms with E-state index in [4.69, 9.17) is 0 Å². The summed E-state index contributed by atoms with van der Waals surface area (Å²) in [4.78, 5) is 25.7. The summed E-state index contributed by atoms with van der Waals surface area (Å²) in [6.07, 6.45) is 8.06. The third-order valence-electron chi connectivity index (χ3n) is 5.53. The van der Waals surface area contributed by atoms with Crippen molar-refractivity contribution >= 4 is 23.5 Å². The number of hydrogen-bond acceptors (Lipinski definition) is 5. The second kappa shape index (κ2) is 11.6. The third-order valence-corrected chi connectivity index (χ3v) is 6.47. The molecule has 0 aliphatic carbocycles. The first-order chi connectivity index (χ1) is 15.8. The van der Waals surface area contributed by atoms with E-state index in [9.17, 15) is 4.79 Å². The van der Waals surface area contributed by atoms with Gasteiger partial charge in [0.2, 0.25) is 0 Å². The van der Waals surface area contributed by atoms with Crippen LogP contribution in [0.5, 0.6) is 0 Å². The fourth-order valence-electron chi connectivity index (χ4n) is 3.69. The van der Waals surface area contributed by atoms with E-state index in [1.807, 2.05) is 48.2 Å². The molecule has 2 aromatic heterocycles. The Balaban J connectivity index is 1.37. The highest BCUT2D eigenvalue weighted by atomic mass is 32.2. The molecule has 1 N–H and O–H groups in total. The minimum absolute atomic E-state index is 0.135. The van der Waals surface area contributed by atoms with Crippen LogP contribution >= 0.6 is 11.8 Å². The molecule has 1 saturated heterocycles. The number of anilines is 1. The fraction of sp³-hybridized carbons (Fsp3) is 0.320. The summed E-state index contributed by atoms with van der Waals surface area (Å²) in [5, 5.41) is 3.05. The Morgan fingerprint density at radius 3 is 2.38 bits per heavy atom. The van der Waals surface area contributed by atoms with Gasteiger partial charge in [-0.25, -0.2) is 4.79 Å². The maximum Gasteiger partial charge on any atom is 0.322 e. The van der Waals surface area contributed by atoms with Crippen LogP contribution in [-0.2, 0) is 19.5 Å². The summed E-state index contributed by atoms with van der Waals surface area (Å²) in [6, 6.07) is 15.8. The monoisotopic (exact) mass is 447 g/mol. The van der Waals surface area contributed by atoms with Crippen molar-refractivity contribution in [2.75, 3.05) is 36.5 Å². The number of nitrogens with zero attached hydrogens (tertiary/aromatic N) is 4. The number of urea groups is 1. The molecular weight excluding hydrogens is 418 g/mol. The molecule has 1 aromatic carbocycles. The van der Waals surface area contributed by atoms with Gasteiger partial charge in [-0.2, -0.15) is 11.8 Å². The number of carbonyl (C=O) groups excluding carboxylic acids is 1. The first-order valence-electron chi connectivity index (χ1n) is 11.0. The number of hydrogen-bond donors (Lipinski definition) is 1. The van der Waals surface area contributed by atoms with Crippen molar-refractivity contribution in [2.24, 2.45) is 0 Å². The number of benzene rings is 1. The molecule has 32 heavy (non-hydrogen) atoms. The Hall–Kier alpha value is -2.90. The number of thioether (sulfide) groups is 1. The van der Waals surface area contributed by atoms with Gasteiger partial charge in [-0.05, 0) is 53.4 Å². The lowest BCUT2D eigenvalue weighted by Crippen LogP contribution is -2.34. The minimum atomic E-state index is -0.135. The lowest BCUT2D eigenvalue weighted by Gasteiger charge is -2.26. The van der Waals surface area contributed by atoms with Crippen LogP contribution < -0.4 is 5.32 Å². The van der Waals surface area contributed by atoms with Crippen molar-refractivity contribution in [1.29, 1.82) is 0 Å². The van der Waals surface area contributed by atoms with Gasteiger partial charge < -0.3 is 15.1 Å². The highest BCUT2D eigenvalue weighted by Gasteiger charge is 2.15. The summed E-state index contributed by atoms with van der Waals surface area (Å²) in [5.74, 6) is 2.47. The van der Waals surface area contributed by atoms with Crippen LogP contribution in [0.4, 0.5) is 10.5 Å². The quantitative estimate of drug-likeness (QED) is 0.558. The van der Waals surface area contributed by atoms with Gasteiger partial charge in [0.15, 0.2) is 0 Å². The van der Waals surface area contributed by atoms with Gasteiger partial charge in [0, 0.05) is 74.7 Å². The Morgan fingerprint density at radius 2 is 1.66 bits per heavy atom. The number of rotatable bonds is 8. The summed E-state index contributed by atoms with van der Waals surface area (Å²) in [6.45, 7) is 4.44. The lowest BCUT2D eigenvalue weighted by molar-refractivity contribution is 0.206. The second-order valence-electron chi connectivity index (χ2n) is 7.90. The van der Waals surface area contributed by atoms with Crippen molar-refractivity contribution in [1.82, 2.24) is 19.8 Å². The van der Waals surface area contributed by atoms with Gasteiger partial charge in [0.1, 0.15) is 0 Å². The van der Waals surface area contributed by atoms with E-state index < -0.39 is 0 Å². The number of amides is 2. The molecule has 0 unspecified atom stereocenters. The SMILES string of the molecule is O=C(Nc1ccc(CCN2CCSCC2)cc1)N(Cc1ccncc1)Cc1cccnc1. The van der Waals surface area contributed by atoms with Gasteiger partial charge in [0.05, 0.1) is 0 Å². The number of nitrogens with one attached hydrogen (secondary N) is 1. The molecule has 0 atom stereocenters. The summed E-state index contributed by atoms with van der Waals surface area (Å²) >= 11 is 2.04. The fourth-order valence-corrected chi connectivity index (χ4v) is 4.67. The van der Waals surface area contributed by atoms with Crippen molar-refractivity contribution in [2.45, 2.75) is 19.5 Å². The van der Waals surface area contributed by atoms with Gasteiger partial charge in [-0.15, -0.1) is 0 Å². The summed E-state index contributed by atoms with van der Waals surface area (Å²) in [7, 11) is 0. The largest absolute Gasteiger partial charge is 0.322 e. The van der Waals surface area contributed by atoms with E-state index in [1.165, 1.54) is 30.2 Å². The highest BCUT2D eigenvalue weighted by molar-refractivity contribution is 7.99. The molecule has 1 fully saturated rings. The van der Waals surface area contributed by atoms with Crippen molar-refractivity contribution in [3.05, 3.63) is 90.0 Å². The molecule has 0 bridgehead atoms. The van der Waals surface area contributed by atoms with Crippen LogP contribution in [0.15, 0.2) is 73.3 Å². The van der Waals surface area contributed by atoms with E-state index in [2.05, 4.69) is 32.3 Å². The zero-order chi connectivity index (χ0) is 22.0. The van der Waals surface area contributed by atoms with E-state index in [1.54, 1.807) is 29.7 Å². The molecule has 0 radical (unpaired) electrons. The predicted molar refractivity (Wildman–Crippen MR) is 131 cm³/mol. The molecule has 3 aromatic rings. The van der Waals surface area contributed by atoms with Crippen molar-refractivity contribution in [3.63, 3.8) is 0 Å². The van der Waals surface area contributed by atoms with Crippen LogP contribution in [0.3, 0.4) is 0 Å². The average Bonchev–Trinajstić information content (AvgIpc) is 2.85. The molecule has 6 nitrogen and oxygen atoms in total. The molecule has 4 rings (SSSR count). The molecule has 1 aliphatic heterocycles. The van der Waals surface area contributed by atoms with Crippen LogP contribution in [0.25, 0.3) is 0 Å². The first kappa shape index (κ1) is 22.3. The second-order valence-corrected chi connectivity index (χ2v) is 9.13. The first-order valence-corrected chi connectivity index (χ1v) is 12.1. The Bertz CT molecular complexity index is 921. The molecule has 0 saturated carbocycles. The third kappa shape index (κ3) is 6.80. The standard InChI is InChI=1S/C25H29N5OS/c31-25(28-24-5-3-21(4-6-24)9-13-29-14-16-32-17-15-29)30(19-22-7-11-26-12-8-22)20-23-2-1-10-27-18-23/h1-8,10-12,18H,9,13-17,19-20H2,(H,28,31). The zero-order valence-corrected chi connectivity index (χ0v) is 19.0. The Morgan fingerprint density at radius 1 is 0.906 bits per heavy atom. The van der Waals surface area contributed by atoms with Crippen molar-refractivity contribution < 1.29 is 4.79 Å². The van der Waals surface area contributed by atoms with E-state index in [-0.39, 0.29) is 6.03 Å². The zero-order valence-electron chi connectivity index (χ0n) is 18.2. The normalized spacial score (nSPS) is 14.1. The number of pyridine rings is 2. The van der Waals surface area contributed by atoms with Crippen LogP contribution in [-0.4, -0.2) is 56.9 Å².